The smallest absolute Gasteiger partial charge is 0.270 e. The quantitative estimate of drug-likeness (QED) is 0.436. The molecular weight excluding hydrogens is 412 g/mol. The molecule has 0 bridgehead atoms. The molecule has 0 aliphatic carbocycles. The third-order valence-corrected chi connectivity index (χ3v) is 7.17. The lowest BCUT2D eigenvalue weighted by Crippen LogP contribution is -2.42. The fourth-order valence-corrected chi connectivity index (χ4v) is 4.91. The Morgan fingerprint density at radius 3 is 2.58 bits per heavy atom. The molecule has 3 heterocycles. The number of benzene rings is 2. The van der Waals surface area contributed by atoms with E-state index < -0.39 is 0 Å². The molecule has 6 heteroatoms. The Bertz CT molecular complexity index is 1460. The molecule has 1 aliphatic rings. The molecule has 0 radical (unpaired) electrons. The topological polar surface area (TPSA) is 75.1 Å². The standard InChI is InChI=1S/C27H28N4O2/c1-17(2)18-9-10-23-21(15-18)29-26(33-23)27(3)11-13-31(14-12-27)24-19-7-5-6-8-22(19)30(4)25(32)20(24)16-28/h5-10,15,17H,11-14H2,1-4H3. The fourth-order valence-electron chi connectivity index (χ4n) is 4.91. The van der Waals surface area contributed by atoms with E-state index in [1.165, 1.54) is 5.56 Å². The molecule has 0 amide bonds. The van der Waals surface area contributed by atoms with E-state index in [0.717, 1.165) is 59.5 Å². The van der Waals surface area contributed by atoms with E-state index in [1.54, 1.807) is 11.6 Å². The molecule has 168 valence electrons. The summed E-state index contributed by atoms with van der Waals surface area (Å²) in [6.07, 6.45) is 1.65. The van der Waals surface area contributed by atoms with Gasteiger partial charge >= 0.3 is 0 Å². The molecule has 33 heavy (non-hydrogen) atoms. The molecule has 1 aliphatic heterocycles. The number of nitriles is 1. The Kier molecular flexibility index (Phi) is 5.01. The van der Waals surface area contributed by atoms with Crippen molar-refractivity contribution in [2.75, 3.05) is 18.0 Å². The summed E-state index contributed by atoms with van der Waals surface area (Å²) in [5.41, 5.74) is 4.33. The minimum absolute atomic E-state index is 0.199. The molecule has 0 spiro atoms. The second-order valence-corrected chi connectivity index (χ2v) is 9.67. The fraction of sp³-hybridized carbons (Fsp3) is 0.370. The molecular formula is C27H28N4O2. The number of aromatic nitrogens is 2. The lowest BCUT2D eigenvalue weighted by molar-refractivity contribution is 0.292. The predicted octanol–water partition coefficient (Wildman–Crippen LogP) is 5.23. The summed E-state index contributed by atoms with van der Waals surface area (Å²) in [4.78, 5) is 19.9. The van der Waals surface area contributed by atoms with E-state index in [1.807, 2.05) is 30.3 Å². The van der Waals surface area contributed by atoms with Crippen LogP contribution in [0.1, 0.15) is 56.5 Å². The van der Waals surface area contributed by atoms with Crippen LogP contribution in [-0.2, 0) is 12.5 Å². The second-order valence-electron chi connectivity index (χ2n) is 9.67. The Labute approximate surface area is 193 Å². The zero-order valence-electron chi connectivity index (χ0n) is 19.6. The monoisotopic (exact) mass is 440 g/mol. The van der Waals surface area contributed by atoms with Gasteiger partial charge in [0.25, 0.3) is 5.56 Å². The molecule has 1 saturated heterocycles. The van der Waals surface area contributed by atoms with Gasteiger partial charge in [0.2, 0.25) is 5.89 Å². The number of rotatable bonds is 3. The van der Waals surface area contributed by atoms with E-state index in [4.69, 9.17) is 9.40 Å². The highest BCUT2D eigenvalue weighted by Gasteiger charge is 2.37. The number of para-hydroxylation sites is 1. The van der Waals surface area contributed by atoms with Gasteiger partial charge in [-0.05, 0) is 42.5 Å². The Morgan fingerprint density at radius 2 is 1.88 bits per heavy atom. The summed E-state index contributed by atoms with van der Waals surface area (Å²) in [7, 11) is 1.72. The van der Waals surface area contributed by atoms with Crippen LogP contribution in [0.4, 0.5) is 5.69 Å². The van der Waals surface area contributed by atoms with Crippen LogP contribution in [0.25, 0.3) is 22.0 Å². The lowest BCUT2D eigenvalue weighted by Gasteiger charge is -2.39. The number of hydrogen-bond acceptors (Lipinski definition) is 5. The summed E-state index contributed by atoms with van der Waals surface area (Å²) in [5, 5.41) is 10.8. The molecule has 2 aromatic carbocycles. The van der Waals surface area contributed by atoms with Crippen molar-refractivity contribution in [1.29, 1.82) is 5.26 Å². The molecule has 0 saturated carbocycles. The van der Waals surface area contributed by atoms with Gasteiger partial charge in [0.1, 0.15) is 17.1 Å². The van der Waals surface area contributed by atoms with Gasteiger partial charge in [0.05, 0.1) is 11.2 Å². The number of aryl methyl sites for hydroxylation is 1. The van der Waals surface area contributed by atoms with E-state index in [-0.39, 0.29) is 16.5 Å². The van der Waals surface area contributed by atoms with Gasteiger partial charge in [-0.3, -0.25) is 4.79 Å². The molecule has 0 unspecified atom stereocenters. The van der Waals surface area contributed by atoms with Crippen molar-refractivity contribution in [3.8, 4) is 6.07 Å². The minimum atomic E-state index is -0.251. The molecule has 1 fully saturated rings. The van der Waals surface area contributed by atoms with Gasteiger partial charge in [-0.15, -0.1) is 0 Å². The molecule has 2 aromatic heterocycles. The lowest BCUT2D eigenvalue weighted by atomic mass is 9.80. The van der Waals surface area contributed by atoms with Gasteiger partial charge in [-0.1, -0.05) is 45.0 Å². The van der Waals surface area contributed by atoms with Crippen molar-refractivity contribution in [2.45, 2.75) is 44.9 Å². The maximum Gasteiger partial charge on any atom is 0.270 e. The van der Waals surface area contributed by atoms with E-state index in [2.05, 4.69) is 43.9 Å². The number of pyridine rings is 1. The summed E-state index contributed by atoms with van der Waals surface area (Å²) in [6.45, 7) is 7.99. The summed E-state index contributed by atoms with van der Waals surface area (Å²) < 4.78 is 7.77. The van der Waals surface area contributed by atoms with E-state index in [9.17, 15) is 10.1 Å². The third-order valence-electron chi connectivity index (χ3n) is 7.17. The normalized spacial score (nSPS) is 15.9. The minimum Gasteiger partial charge on any atom is -0.440 e. The van der Waals surface area contributed by atoms with Crippen LogP contribution < -0.4 is 10.5 Å². The highest BCUT2D eigenvalue weighted by Crippen LogP contribution is 2.39. The first-order valence-corrected chi connectivity index (χ1v) is 11.5. The van der Waals surface area contributed by atoms with Crippen molar-refractivity contribution in [2.24, 2.45) is 7.05 Å². The Morgan fingerprint density at radius 1 is 1.15 bits per heavy atom. The first-order chi connectivity index (χ1) is 15.8. The Hall–Kier alpha value is -3.59. The van der Waals surface area contributed by atoms with Crippen molar-refractivity contribution in [3.63, 3.8) is 0 Å². The van der Waals surface area contributed by atoms with Gasteiger partial charge in [-0.25, -0.2) is 4.98 Å². The van der Waals surface area contributed by atoms with Crippen molar-refractivity contribution < 1.29 is 4.42 Å². The van der Waals surface area contributed by atoms with Crippen LogP contribution in [0.5, 0.6) is 0 Å². The zero-order chi connectivity index (χ0) is 23.3. The highest BCUT2D eigenvalue weighted by molar-refractivity contribution is 5.95. The van der Waals surface area contributed by atoms with Gasteiger partial charge < -0.3 is 13.9 Å². The average molecular weight is 441 g/mol. The van der Waals surface area contributed by atoms with Crippen LogP contribution in [0.3, 0.4) is 0 Å². The number of anilines is 1. The maximum atomic E-state index is 12.9. The maximum absolute atomic E-state index is 12.9. The van der Waals surface area contributed by atoms with Crippen molar-refractivity contribution >= 4 is 27.7 Å². The number of piperidine rings is 1. The highest BCUT2D eigenvalue weighted by atomic mass is 16.3. The van der Waals surface area contributed by atoms with Crippen LogP contribution in [0.2, 0.25) is 0 Å². The third kappa shape index (κ3) is 3.39. The Balaban J connectivity index is 1.49. The SMILES string of the molecule is CC(C)c1ccc2oc(C3(C)CCN(c4c(C#N)c(=O)n(C)c5ccccc45)CC3)nc2c1. The molecule has 6 nitrogen and oxygen atoms in total. The van der Waals surface area contributed by atoms with Gasteiger partial charge in [0, 0.05) is 30.9 Å². The zero-order valence-corrected chi connectivity index (χ0v) is 19.6. The van der Waals surface area contributed by atoms with Crippen LogP contribution in [0, 0.1) is 11.3 Å². The average Bonchev–Trinajstić information content (AvgIpc) is 3.26. The van der Waals surface area contributed by atoms with Crippen LogP contribution >= 0.6 is 0 Å². The first-order valence-electron chi connectivity index (χ1n) is 11.5. The number of hydrogen-bond donors (Lipinski definition) is 0. The van der Waals surface area contributed by atoms with E-state index in [0.29, 0.717) is 5.92 Å². The molecule has 4 aromatic rings. The van der Waals surface area contributed by atoms with E-state index >= 15 is 0 Å². The summed E-state index contributed by atoms with van der Waals surface area (Å²) in [6, 6.07) is 16.2. The van der Waals surface area contributed by atoms with Crippen LogP contribution in [-0.4, -0.2) is 22.6 Å². The number of fused-ring (bicyclic) bond motifs is 2. The number of nitrogens with zero attached hydrogens (tertiary/aromatic N) is 4. The predicted molar refractivity (Wildman–Crippen MR) is 131 cm³/mol. The molecule has 5 rings (SSSR count). The van der Waals surface area contributed by atoms with Gasteiger partial charge in [-0.2, -0.15) is 5.26 Å². The summed E-state index contributed by atoms with van der Waals surface area (Å²) >= 11 is 0. The number of oxazole rings is 1. The largest absolute Gasteiger partial charge is 0.440 e. The van der Waals surface area contributed by atoms with Crippen molar-refractivity contribution in [1.82, 2.24) is 9.55 Å². The first kappa shape index (κ1) is 21.3. The van der Waals surface area contributed by atoms with Gasteiger partial charge in [0.15, 0.2) is 5.58 Å². The van der Waals surface area contributed by atoms with Crippen LogP contribution in [0.15, 0.2) is 51.7 Å². The van der Waals surface area contributed by atoms with Crippen molar-refractivity contribution in [3.05, 3.63) is 69.8 Å². The molecule has 0 atom stereocenters. The second kappa shape index (κ2) is 7.77. The molecule has 0 N–H and O–H groups in total. The summed E-state index contributed by atoms with van der Waals surface area (Å²) in [5.74, 6) is 1.21.